The average molecular weight is 665 g/mol. The summed E-state index contributed by atoms with van der Waals surface area (Å²) in [6.45, 7) is 0. The molecule has 1 aliphatic carbocycles. The molecule has 0 radical (unpaired) electrons. The van der Waals surface area contributed by atoms with Crippen molar-refractivity contribution in [1.82, 2.24) is 0 Å². The molecular weight excluding hydrogens is 629 g/mol. The largest absolute Gasteiger partial charge is 0.289 e. The van der Waals surface area contributed by atoms with Gasteiger partial charge in [-0.05, 0) is 103 Å². The number of rotatable bonds is 6. The highest BCUT2D eigenvalue weighted by Gasteiger charge is 2.25. The van der Waals surface area contributed by atoms with Gasteiger partial charge in [-0.25, -0.2) is 0 Å². The highest BCUT2D eigenvalue weighted by atomic mass is 16.1. The molecule has 0 fully saturated rings. The van der Waals surface area contributed by atoms with Crippen LogP contribution >= 0.6 is 0 Å². The zero-order chi connectivity index (χ0) is 34.9. The minimum atomic E-state index is 0.0862. The normalized spacial score (nSPS) is 12.1. The van der Waals surface area contributed by atoms with Crippen molar-refractivity contribution in [3.05, 3.63) is 216 Å². The second-order valence-corrected chi connectivity index (χ2v) is 13.5. The first kappa shape index (κ1) is 31.4. The Morgan fingerprint density at radius 2 is 0.577 bits per heavy atom. The summed E-state index contributed by atoms with van der Waals surface area (Å²) in [6.07, 6.45) is 1.63. The van der Waals surface area contributed by atoms with Gasteiger partial charge in [0.25, 0.3) is 0 Å². The van der Waals surface area contributed by atoms with Gasteiger partial charge in [0, 0.05) is 11.1 Å². The molecular formula is C51H36O. The minimum Gasteiger partial charge on any atom is -0.289 e. The van der Waals surface area contributed by atoms with Gasteiger partial charge in [0.05, 0.1) is 0 Å². The fourth-order valence-corrected chi connectivity index (χ4v) is 7.90. The summed E-state index contributed by atoms with van der Waals surface area (Å²) in [5.74, 6) is 0.0862. The van der Waals surface area contributed by atoms with E-state index >= 15 is 0 Å². The van der Waals surface area contributed by atoms with Crippen LogP contribution in [0.3, 0.4) is 0 Å². The maximum absolute atomic E-state index is 14.9. The van der Waals surface area contributed by atoms with E-state index in [9.17, 15) is 4.79 Å². The van der Waals surface area contributed by atoms with Crippen molar-refractivity contribution in [2.45, 2.75) is 12.8 Å². The van der Waals surface area contributed by atoms with E-state index in [-0.39, 0.29) is 5.78 Å². The zero-order valence-electron chi connectivity index (χ0n) is 28.8. The number of carbonyl (C=O) groups excluding carboxylic acids is 1. The highest BCUT2D eigenvalue weighted by molar-refractivity contribution is 6.13. The van der Waals surface area contributed by atoms with E-state index in [1.165, 1.54) is 0 Å². The third kappa shape index (κ3) is 5.77. The Morgan fingerprint density at radius 3 is 0.885 bits per heavy atom. The monoisotopic (exact) mass is 664 g/mol. The number of ketones is 1. The van der Waals surface area contributed by atoms with Crippen molar-refractivity contribution in [1.29, 1.82) is 0 Å². The summed E-state index contributed by atoms with van der Waals surface area (Å²) >= 11 is 0. The van der Waals surface area contributed by atoms with Crippen LogP contribution in [0.25, 0.3) is 66.8 Å². The molecule has 52 heavy (non-hydrogen) atoms. The van der Waals surface area contributed by atoms with Gasteiger partial charge >= 0.3 is 0 Å². The number of aryl methyl sites for hydroxylation is 2. The molecule has 1 nitrogen and oxygen atoms in total. The Hall–Kier alpha value is -6.57. The third-order valence-corrected chi connectivity index (χ3v) is 10.4. The summed E-state index contributed by atoms with van der Waals surface area (Å²) in [6, 6.07) is 68.4. The Morgan fingerprint density at radius 1 is 0.269 bits per heavy atom. The standard InChI is InChI=1S/C51H36O/c52-51-47-33-41(49-43(35-15-5-1-6-16-35)23-13-24-44(49)36-17-7-2-8-18-36)31-29-39(47)27-28-40-30-32-42(34-48(40)51)50-45(37-19-9-3-10-20-37)25-14-26-46(50)38-21-11-4-12-22-38/h1-26,29-34H,27-28H2. The van der Waals surface area contributed by atoms with Crippen molar-refractivity contribution < 1.29 is 4.79 Å². The van der Waals surface area contributed by atoms with Gasteiger partial charge in [0.2, 0.25) is 0 Å². The minimum absolute atomic E-state index is 0.0862. The number of hydrogen-bond donors (Lipinski definition) is 0. The lowest BCUT2D eigenvalue weighted by Crippen LogP contribution is -2.05. The van der Waals surface area contributed by atoms with Crippen molar-refractivity contribution >= 4 is 5.78 Å². The average Bonchev–Trinajstić information content (AvgIpc) is 3.36. The molecule has 8 aromatic rings. The molecule has 1 heteroatoms. The van der Waals surface area contributed by atoms with Gasteiger partial charge in [-0.1, -0.05) is 182 Å². The fourth-order valence-electron chi connectivity index (χ4n) is 7.90. The lowest BCUT2D eigenvalue weighted by atomic mass is 9.85. The highest BCUT2D eigenvalue weighted by Crippen LogP contribution is 2.43. The van der Waals surface area contributed by atoms with Crippen molar-refractivity contribution in [3.8, 4) is 66.8 Å². The topological polar surface area (TPSA) is 17.1 Å². The molecule has 246 valence electrons. The lowest BCUT2D eigenvalue weighted by Gasteiger charge is -2.18. The SMILES string of the molecule is O=C1c2cc(-c3c(-c4ccccc4)cccc3-c3ccccc3)ccc2CCc2ccc(-c3c(-c4ccccc4)cccc3-c3ccccc3)cc21. The van der Waals surface area contributed by atoms with E-state index in [1.54, 1.807) is 0 Å². The smallest absolute Gasteiger partial charge is 0.193 e. The Balaban J connectivity index is 1.21. The van der Waals surface area contributed by atoms with Crippen LogP contribution in [0.15, 0.2) is 194 Å². The molecule has 9 rings (SSSR count). The molecule has 0 N–H and O–H groups in total. The molecule has 8 aromatic carbocycles. The molecule has 0 saturated carbocycles. The first-order valence-electron chi connectivity index (χ1n) is 18.0. The van der Waals surface area contributed by atoms with Crippen molar-refractivity contribution in [2.24, 2.45) is 0 Å². The van der Waals surface area contributed by atoms with Crippen LogP contribution in [0.5, 0.6) is 0 Å². The van der Waals surface area contributed by atoms with Gasteiger partial charge in [0.15, 0.2) is 5.78 Å². The quantitative estimate of drug-likeness (QED) is 0.173. The molecule has 0 saturated heterocycles. The second-order valence-electron chi connectivity index (χ2n) is 13.5. The van der Waals surface area contributed by atoms with Crippen LogP contribution < -0.4 is 0 Å². The molecule has 0 heterocycles. The fraction of sp³-hybridized carbons (Fsp3) is 0.0392. The molecule has 0 amide bonds. The van der Waals surface area contributed by atoms with Crippen LogP contribution in [0.2, 0.25) is 0 Å². The van der Waals surface area contributed by atoms with Crippen molar-refractivity contribution in [3.63, 3.8) is 0 Å². The molecule has 0 bridgehead atoms. The predicted molar refractivity (Wildman–Crippen MR) is 216 cm³/mol. The predicted octanol–water partition coefficient (Wildman–Crippen LogP) is 13.0. The molecule has 0 spiro atoms. The maximum atomic E-state index is 14.9. The van der Waals surface area contributed by atoms with Crippen LogP contribution in [-0.2, 0) is 12.8 Å². The van der Waals surface area contributed by atoms with Crippen molar-refractivity contribution in [2.75, 3.05) is 0 Å². The summed E-state index contributed by atoms with van der Waals surface area (Å²) in [4.78, 5) is 14.9. The third-order valence-electron chi connectivity index (χ3n) is 10.4. The lowest BCUT2D eigenvalue weighted by molar-refractivity contribution is 0.103. The first-order chi connectivity index (χ1) is 25.7. The molecule has 0 unspecified atom stereocenters. The summed E-state index contributed by atoms with van der Waals surface area (Å²) in [5.41, 5.74) is 17.3. The summed E-state index contributed by atoms with van der Waals surface area (Å²) < 4.78 is 0. The van der Waals surface area contributed by atoms with E-state index in [2.05, 4.69) is 194 Å². The van der Waals surface area contributed by atoms with Gasteiger partial charge in [0.1, 0.15) is 0 Å². The summed E-state index contributed by atoms with van der Waals surface area (Å²) in [5, 5.41) is 0. The maximum Gasteiger partial charge on any atom is 0.193 e. The van der Waals surface area contributed by atoms with Gasteiger partial charge in [-0.3, -0.25) is 4.79 Å². The van der Waals surface area contributed by atoms with E-state index in [4.69, 9.17) is 0 Å². The number of carbonyl (C=O) groups is 1. The number of benzene rings is 8. The molecule has 0 aromatic heterocycles. The van der Waals surface area contributed by atoms with Gasteiger partial charge in [-0.15, -0.1) is 0 Å². The summed E-state index contributed by atoms with van der Waals surface area (Å²) in [7, 11) is 0. The van der Waals surface area contributed by atoms with E-state index in [0.717, 1.165) is 102 Å². The molecule has 0 aliphatic heterocycles. The Bertz CT molecular complexity index is 2250. The molecule has 0 atom stereocenters. The zero-order valence-corrected chi connectivity index (χ0v) is 28.8. The number of hydrogen-bond acceptors (Lipinski definition) is 1. The Kier molecular flexibility index (Phi) is 8.23. The van der Waals surface area contributed by atoms with Crippen LogP contribution in [0, 0.1) is 0 Å². The van der Waals surface area contributed by atoms with E-state index < -0.39 is 0 Å². The first-order valence-corrected chi connectivity index (χ1v) is 18.0. The van der Waals surface area contributed by atoms with E-state index in [1.807, 2.05) is 0 Å². The van der Waals surface area contributed by atoms with Crippen LogP contribution in [0.1, 0.15) is 27.0 Å². The van der Waals surface area contributed by atoms with E-state index in [0.29, 0.717) is 0 Å². The molecule has 1 aliphatic rings. The number of fused-ring (bicyclic) bond motifs is 2. The van der Waals surface area contributed by atoms with Crippen LogP contribution in [-0.4, -0.2) is 5.78 Å². The Labute approximate surface area is 305 Å². The van der Waals surface area contributed by atoms with Gasteiger partial charge < -0.3 is 0 Å². The van der Waals surface area contributed by atoms with Gasteiger partial charge in [-0.2, -0.15) is 0 Å². The van der Waals surface area contributed by atoms with Crippen LogP contribution in [0.4, 0.5) is 0 Å². The second kappa shape index (κ2) is 13.6.